The highest BCUT2D eigenvalue weighted by Gasteiger charge is 2.24. The van der Waals surface area contributed by atoms with Crippen LogP contribution >= 0.6 is 12.2 Å². The van der Waals surface area contributed by atoms with E-state index in [0.717, 1.165) is 74.0 Å². The van der Waals surface area contributed by atoms with Gasteiger partial charge in [0.15, 0.2) is 16.4 Å². The number of nitrogens with one attached hydrogen (secondary N) is 1. The van der Waals surface area contributed by atoms with Crippen molar-refractivity contribution in [3.8, 4) is 5.75 Å². The number of morpholine rings is 1. The summed E-state index contributed by atoms with van der Waals surface area (Å²) in [6, 6.07) is 14.3. The Morgan fingerprint density at radius 2 is 1.85 bits per heavy atom. The zero-order valence-electron chi connectivity index (χ0n) is 20.6. The Kier molecular flexibility index (Phi) is 8.08. The summed E-state index contributed by atoms with van der Waals surface area (Å²) in [5, 5.41) is 5.27. The summed E-state index contributed by atoms with van der Waals surface area (Å²) in [6.07, 6.45) is 1.00. The summed E-state index contributed by atoms with van der Waals surface area (Å²) in [6.45, 7) is 11.8. The standard InChI is InChI=1S/C27H35N3O3S/c1-19-8-5-9-20(2)25(19)28-27(34)30(13-7-12-29-14-16-32-17-15-29)21(3)24-18-22-10-6-11-23(31-4)26(22)33-24/h5-6,8-11,18,21H,7,12-17H2,1-4H3,(H,28,34)/t21-/m1/s1. The monoisotopic (exact) mass is 481 g/mol. The second-order valence-electron chi connectivity index (χ2n) is 8.90. The second-order valence-corrected chi connectivity index (χ2v) is 9.29. The van der Waals surface area contributed by atoms with Crippen LogP contribution in [0.4, 0.5) is 5.69 Å². The maximum absolute atomic E-state index is 6.30. The number of hydrogen-bond acceptors (Lipinski definition) is 5. The molecule has 2 heterocycles. The van der Waals surface area contributed by atoms with Crippen molar-refractivity contribution in [1.82, 2.24) is 9.80 Å². The molecule has 3 aromatic rings. The fraction of sp³-hybridized carbons (Fsp3) is 0.444. The highest BCUT2D eigenvalue weighted by atomic mass is 32.1. The molecule has 34 heavy (non-hydrogen) atoms. The summed E-state index contributed by atoms with van der Waals surface area (Å²) in [7, 11) is 1.67. The van der Waals surface area contributed by atoms with Gasteiger partial charge < -0.3 is 24.1 Å². The molecule has 6 nitrogen and oxygen atoms in total. The lowest BCUT2D eigenvalue weighted by molar-refractivity contribution is 0.0365. The SMILES string of the molecule is COc1cccc2cc([C@@H](C)N(CCCN3CCOCC3)C(=S)Nc3c(C)cccc3C)oc12. The van der Waals surface area contributed by atoms with Gasteiger partial charge in [-0.15, -0.1) is 0 Å². The first kappa shape index (κ1) is 24.5. The van der Waals surface area contributed by atoms with Gasteiger partial charge in [0, 0.05) is 37.3 Å². The molecule has 0 unspecified atom stereocenters. The van der Waals surface area contributed by atoms with E-state index in [0.29, 0.717) is 5.11 Å². The first-order valence-electron chi connectivity index (χ1n) is 12.0. The normalized spacial score (nSPS) is 15.3. The van der Waals surface area contributed by atoms with Crippen LogP contribution in [0.5, 0.6) is 5.75 Å². The van der Waals surface area contributed by atoms with E-state index in [4.69, 9.17) is 26.1 Å². The number of benzene rings is 2. The zero-order valence-corrected chi connectivity index (χ0v) is 21.4. The molecular weight excluding hydrogens is 446 g/mol. The second kappa shape index (κ2) is 11.2. The number of methoxy groups -OCH3 is 1. The molecule has 1 aromatic heterocycles. The van der Waals surface area contributed by atoms with Gasteiger partial charge in [-0.25, -0.2) is 0 Å². The van der Waals surface area contributed by atoms with E-state index < -0.39 is 0 Å². The minimum atomic E-state index is -0.0360. The maximum atomic E-state index is 6.30. The van der Waals surface area contributed by atoms with Crippen molar-refractivity contribution >= 4 is 34.0 Å². The number of anilines is 1. The van der Waals surface area contributed by atoms with E-state index in [2.05, 4.69) is 60.2 Å². The Hall–Kier alpha value is -2.61. The Bertz CT molecular complexity index is 1100. The highest BCUT2D eigenvalue weighted by molar-refractivity contribution is 7.80. The maximum Gasteiger partial charge on any atom is 0.176 e. The highest BCUT2D eigenvalue weighted by Crippen LogP contribution is 2.33. The summed E-state index contributed by atoms with van der Waals surface area (Å²) in [5.41, 5.74) is 4.20. The summed E-state index contributed by atoms with van der Waals surface area (Å²) in [4.78, 5) is 4.70. The van der Waals surface area contributed by atoms with E-state index >= 15 is 0 Å². The quantitative estimate of drug-likeness (QED) is 0.424. The van der Waals surface area contributed by atoms with Gasteiger partial charge in [0.2, 0.25) is 0 Å². The van der Waals surface area contributed by atoms with Crippen LogP contribution in [0.25, 0.3) is 11.0 Å². The lowest BCUT2D eigenvalue weighted by Crippen LogP contribution is -2.41. The van der Waals surface area contributed by atoms with Crippen LogP contribution in [0.2, 0.25) is 0 Å². The van der Waals surface area contributed by atoms with Crippen molar-refractivity contribution in [3.05, 3.63) is 59.4 Å². The van der Waals surface area contributed by atoms with E-state index in [1.54, 1.807) is 7.11 Å². The minimum Gasteiger partial charge on any atom is -0.493 e. The third kappa shape index (κ3) is 5.54. The molecule has 0 aliphatic carbocycles. The molecule has 4 rings (SSSR count). The molecule has 1 N–H and O–H groups in total. The van der Waals surface area contributed by atoms with Crippen LogP contribution in [0.15, 0.2) is 46.9 Å². The van der Waals surface area contributed by atoms with E-state index in [1.165, 1.54) is 11.1 Å². The lowest BCUT2D eigenvalue weighted by atomic mass is 10.1. The molecule has 0 spiro atoms. The average Bonchev–Trinajstić information content (AvgIpc) is 3.29. The zero-order chi connectivity index (χ0) is 24.1. The third-order valence-electron chi connectivity index (χ3n) is 6.58. The average molecular weight is 482 g/mol. The number of furan rings is 1. The number of para-hydroxylation sites is 2. The third-order valence-corrected chi connectivity index (χ3v) is 6.91. The number of ether oxygens (including phenoxy) is 2. The predicted octanol–water partition coefficient (Wildman–Crippen LogP) is 5.54. The first-order valence-corrected chi connectivity index (χ1v) is 12.4. The molecule has 1 atom stereocenters. The Morgan fingerprint density at radius 1 is 1.15 bits per heavy atom. The van der Waals surface area contributed by atoms with Crippen molar-refractivity contribution in [2.45, 2.75) is 33.2 Å². The molecule has 1 aliphatic heterocycles. The van der Waals surface area contributed by atoms with E-state index in [-0.39, 0.29) is 6.04 Å². The van der Waals surface area contributed by atoms with Crippen molar-refractivity contribution in [2.75, 3.05) is 51.8 Å². The molecule has 1 aliphatic rings. The number of nitrogens with zero attached hydrogens (tertiary/aromatic N) is 2. The molecule has 0 saturated carbocycles. The number of hydrogen-bond donors (Lipinski definition) is 1. The van der Waals surface area contributed by atoms with Gasteiger partial charge in [-0.3, -0.25) is 4.90 Å². The summed E-state index contributed by atoms with van der Waals surface area (Å²) >= 11 is 5.97. The van der Waals surface area contributed by atoms with Gasteiger partial charge in [-0.05, 0) is 62.7 Å². The van der Waals surface area contributed by atoms with Crippen LogP contribution in [0.1, 0.15) is 36.3 Å². The number of rotatable bonds is 8. The minimum absolute atomic E-state index is 0.0360. The van der Waals surface area contributed by atoms with Crippen molar-refractivity contribution in [1.29, 1.82) is 0 Å². The molecule has 182 valence electrons. The molecule has 0 bridgehead atoms. The van der Waals surface area contributed by atoms with Crippen molar-refractivity contribution < 1.29 is 13.9 Å². The van der Waals surface area contributed by atoms with Crippen molar-refractivity contribution in [3.63, 3.8) is 0 Å². The first-order chi connectivity index (χ1) is 16.5. The Balaban J connectivity index is 1.56. The van der Waals surface area contributed by atoms with Gasteiger partial charge >= 0.3 is 0 Å². The van der Waals surface area contributed by atoms with Crippen LogP contribution < -0.4 is 10.1 Å². The Labute approximate surface area is 207 Å². The summed E-state index contributed by atoms with van der Waals surface area (Å²) < 4.78 is 17.3. The fourth-order valence-electron chi connectivity index (χ4n) is 4.53. The Morgan fingerprint density at radius 3 is 2.56 bits per heavy atom. The van der Waals surface area contributed by atoms with Gasteiger partial charge in [-0.2, -0.15) is 0 Å². The van der Waals surface area contributed by atoms with Gasteiger partial charge in [0.05, 0.1) is 26.4 Å². The smallest absolute Gasteiger partial charge is 0.176 e. The van der Waals surface area contributed by atoms with Crippen LogP contribution in [-0.4, -0.2) is 61.4 Å². The van der Waals surface area contributed by atoms with Gasteiger partial charge in [0.25, 0.3) is 0 Å². The van der Waals surface area contributed by atoms with E-state index in [1.807, 2.05) is 18.2 Å². The largest absolute Gasteiger partial charge is 0.493 e. The molecule has 0 amide bonds. The molecular formula is C27H35N3O3S. The molecule has 7 heteroatoms. The number of thiocarbonyl (C=S) groups is 1. The van der Waals surface area contributed by atoms with Gasteiger partial charge in [-0.1, -0.05) is 30.3 Å². The molecule has 1 saturated heterocycles. The molecule has 2 aromatic carbocycles. The topological polar surface area (TPSA) is 50.1 Å². The number of fused-ring (bicyclic) bond motifs is 1. The number of aryl methyl sites for hydroxylation is 2. The van der Waals surface area contributed by atoms with Crippen LogP contribution in [-0.2, 0) is 4.74 Å². The van der Waals surface area contributed by atoms with E-state index in [9.17, 15) is 0 Å². The predicted molar refractivity (Wildman–Crippen MR) is 142 cm³/mol. The fourth-order valence-corrected chi connectivity index (χ4v) is 4.88. The van der Waals surface area contributed by atoms with Crippen molar-refractivity contribution in [2.24, 2.45) is 0 Å². The van der Waals surface area contributed by atoms with Crippen LogP contribution in [0.3, 0.4) is 0 Å². The summed E-state index contributed by atoms with van der Waals surface area (Å²) in [5.74, 6) is 1.61. The lowest BCUT2D eigenvalue weighted by Gasteiger charge is -2.33. The van der Waals surface area contributed by atoms with Gasteiger partial charge in [0.1, 0.15) is 5.76 Å². The van der Waals surface area contributed by atoms with Crippen LogP contribution in [0, 0.1) is 13.8 Å². The molecule has 0 radical (unpaired) electrons. The molecule has 1 fully saturated rings.